The summed E-state index contributed by atoms with van der Waals surface area (Å²) < 4.78 is 0. The molecule has 1 saturated carbocycles. The Morgan fingerprint density at radius 1 is 1.20 bits per heavy atom. The predicted octanol–water partition coefficient (Wildman–Crippen LogP) is 0.862. The zero-order valence-corrected chi connectivity index (χ0v) is 12.2. The smallest absolute Gasteiger partial charge is 0.306 e. The Bertz CT molecular complexity index is 370. The SMILES string of the molecule is CCNC(=O)CN(CC)C(=O)C1CCCC(C(=O)O)C1. The van der Waals surface area contributed by atoms with Gasteiger partial charge in [0.2, 0.25) is 11.8 Å². The van der Waals surface area contributed by atoms with Crippen molar-refractivity contribution in [1.29, 1.82) is 0 Å². The summed E-state index contributed by atoms with van der Waals surface area (Å²) >= 11 is 0. The van der Waals surface area contributed by atoms with E-state index in [0.29, 0.717) is 32.4 Å². The fourth-order valence-corrected chi connectivity index (χ4v) is 2.67. The minimum atomic E-state index is -0.825. The number of likely N-dealkylation sites (N-methyl/N-ethyl adjacent to an activating group) is 2. The zero-order valence-electron chi connectivity index (χ0n) is 12.2. The van der Waals surface area contributed by atoms with Crippen molar-refractivity contribution in [2.45, 2.75) is 39.5 Å². The van der Waals surface area contributed by atoms with Crippen LogP contribution in [0.1, 0.15) is 39.5 Å². The Balaban J connectivity index is 2.61. The van der Waals surface area contributed by atoms with Crippen molar-refractivity contribution < 1.29 is 19.5 Å². The van der Waals surface area contributed by atoms with Crippen LogP contribution < -0.4 is 5.32 Å². The molecule has 0 spiro atoms. The molecular formula is C14H24N2O4. The lowest BCUT2D eigenvalue weighted by Gasteiger charge is -2.30. The van der Waals surface area contributed by atoms with Gasteiger partial charge in [-0.05, 0) is 33.1 Å². The van der Waals surface area contributed by atoms with Crippen LogP contribution in [0.15, 0.2) is 0 Å². The number of nitrogens with zero attached hydrogens (tertiary/aromatic N) is 1. The topological polar surface area (TPSA) is 86.7 Å². The van der Waals surface area contributed by atoms with Gasteiger partial charge in [0.25, 0.3) is 0 Å². The van der Waals surface area contributed by atoms with E-state index < -0.39 is 11.9 Å². The highest BCUT2D eigenvalue weighted by Crippen LogP contribution is 2.30. The Kier molecular flexibility index (Phi) is 6.48. The van der Waals surface area contributed by atoms with E-state index in [9.17, 15) is 14.4 Å². The molecule has 0 aromatic rings. The first-order valence-corrected chi connectivity index (χ1v) is 7.27. The van der Waals surface area contributed by atoms with Crippen molar-refractivity contribution in [2.75, 3.05) is 19.6 Å². The highest BCUT2D eigenvalue weighted by Gasteiger charge is 2.33. The van der Waals surface area contributed by atoms with Gasteiger partial charge in [-0.15, -0.1) is 0 Å². The minimum Gasteiger partial charge on any atom is -0.481 e. The lowest BCUT2D eigenvalue weighted by molar-refractivity contribution is -0.146. The number of carbonyl (C=O) groups excluding carboxylic acids is 2. The second-order valence-corrected chi connectivity index (χ2v) is 5.20. The van der Waals surface area contributed by atoms with E-state index in [1.54, 1.807) is 0 Å². The average molecular weight is 284 g/mol. The number of carboxylic acid groups (broad SMARTS) is 1. The summed E-state index contributed by atoms with van der Waals surface area (Å²) in [6.07, 6.45) is 2.50. The fraction of sp³-hybridized carbons (Fsp3) is 0.786. The second kappa shape index (κ2) is 7.87. The normalized spacial score (nSPS) is 22.1. The van der Waals surface area contributed by atoms with Gasteiger partial charge in [-0.25, -0.2) is 0 Å². The van der Waals surface area contributed by atoms with Gasteiger partial charge in [0, 0.05) is 19.0 Å². The zero-order chi connectivity index (χ0) is 15.1. The van der Waals surface area contributed by atoms with Gasteiger partial charge < -0.3 is 15.3 Å². The molecule has 0 saturated heterocycles. The van der Waals surface area contributed by atoms with Gasteiger partial charge in [0.05, 0.1) is 12.5 Å². The molecule has 2 N–H and O–H groups in total. The lowest BCUT2D eigenvalue weighted by Crippen LogP contribution is -2.44. The van der Waals surface area contributed by atoms with Crippen LogP contribution in [0.5, 0.6) is 0 Å². The summed E-state index contributed by atoms with van der Waals surface area (Å²) in [5, 5.41) is 11.7. The summed E-state index contributed by atoms with van der Waals surface area (Å²) in [6.45, 7) is 4.71. The molecule has 0 heterocycles. The summed E-state index contributed by atoms with van der Waals surface area (Å²) in [5.74, 6) is -1.78. The molecule has 114 valence electrons. The van der Waals surface area contributed by atoms with Gasteiger partial charge in [0.15, 0.2) is 0 Å². The van der Waals surface area contributed by atoms with Crippen molar-refractivity contribution in [3.63, 3.8) is 0 Å². The van der Waals surface area contributed by atoms with Crippen LogP contribution in [0, 0.1) is 11.8 Å². The van der Waals surface area contributed by atoms with Crippen molar-refractivity contribution in [3.8, 4) is 0 Å². The van der Waals surface area contributed by atoms with Crippen LogP contribution in [0.2, 0.25) is 0 Å². The molecule has 0 radical (unpaired) electrons. The number of hydrogen-bond acceptors (Lipinski definition) is 3. The molecule has 1 aliphatic carbocycles. The summed E-state index contributed by atoms with van der Waals surface area (Å²) in [6, 6.07) is 0. The monoisotopic (exact) mass is 284 g/mol. The van der Waals surface area contributed by atoms with E-state index in [0.717, 1.165) is 6.42 Å². The van der Waals surface area contributed by atoms with Crippen LogP contribution in [-0.2, 0) is 14.4 Å². The highest BCUT2D eigenvalue weighted by molar-refractivity contribution is 5.86. The van der Waals surface area contributed by atoms with Crippen molar-refractivity contribution in [1.82, 2.24) is 10.2 Å². The van der Waals surface area contributed by atoms with Crippen LogP contribution in [-0.4, -0.2) is 47.4 Å². The number of aliphatic carboxylic acids is 1. The van der Waals surface area contributed by atoms with Crippen LogP contribution in [0.4, 0.5) is 0 Å². The molecule has 20 heavy (non-hydrogen) atoms. The van der Waals surface area contributed by atoms with E-state index >= 15 is 0 Å². The van der Waals surface area contributed by atoms with E-state index in [-0.39, 0.29) is 24.3 Å². The molecular weight excluding hydrogens is 260 g/mol. The first-order valence-electron chi connectivity index (χ1n) is 7.27. The maximum absolute atomic E-state index is 12.4. The Morgan fingerprint density at radius 3 is 2.40 bits per heavy atom. The molecule has 6 heteroatoms. The van der Waals surface area contributed by atoms with Crippen LogP contribution in [0.3, 0.4) is 0 Å². The number of nitrogens with one attached hydrogen (secondary N) is 1. The van der Waals surface area contributed by atoms with Gasteiger partial charge in [0.1, 0.15) is 0 Å². The first kappa shape index (κ1) is 16.5. The number of hydrogen-bond donors (Lipinski definition) is 2. The van der Waals surface area contributed by atoms with Crippen LogP contribution in [0.25, 0.3) is 0 Å². The maximum atomic E-state index is 12.4. The van der Waals surface area contributed by atoms with Gasteiger partial charge >= 0.3 is 5.97 Å². The standard InChI is InChI=1S/C14H24N2O4/c1-3-15-12(17)9-16(4-2)13(18)10-6-5-7-11(8-10)14(19)20/h10-11H,3-9H2,1-2H3,(H,15,17)(H,19,20). The summed E-state index contributed by atoms with van der Waals surface area (Å²) in [5.41, 5.74) is 0. The quantitative estimate of drug-likeness (QED) is 0.757. The number of carbonyl (C=O) groups is 3. The summed E-state index contributed by atoms with van der Waals surface area (Å²) in [7, 11) is 0. The third kappa shape index (κ3) is 4.51. The number of rotatable bonds is 6. The molecule has 6 nitrogen and oxygen atoms in total. The molecule has 1 fully saturated rings. The van der Waals surface area contributed by atoms with Crippen molar-refractivity contribution >= 4 is 17.8 Å². The Hall–Kier alpha value is -1.59. The second-order valence-electron chi connectivity index (χ2n) is 5.20. The van der Waals surface area contributed by atoms with E-state index in [1.807, 2.05) is 13.8 Å². The minimum absolute atomic E-state index is 0.0530. The molecule has 0 aromatic carbocycles. The average Bonchev–Trinajstić information content (AvgIpc) is 2.44. The molecule has 0 bridgehead atoms. The highest BCUT2D eigenvalue weighted by atomic mass is 16.4. The largest absolute Gasteiger partial charge is 0.481 e. The third-order valence-electron chi connectivity index (χ3n) is 3.77. The van der Waals surface area contributed by atoms with Gasteiger partial charge in [-0.3, -0.25) is 14.4 Å². The predicted molar refractivity (Wildman–Crippen MR) is 74.0 cm³/mol. The van der Waals surface area contributed by atoms with Crippen LogP contribution >= 0.6 is 0 Å². The molecule has 1 rings (SSSR count). The molecule has 2 amide bonds. The van der Waals surface area contributed by atoms with Crippen molar-refractivity contribution in [2.24, 2.45) is 11.8 Å². The fourth-order valence-electron chi connectivity index (χ4n) is 2.67. The van der Waals surface area contributed by atoms with E-state index in [1.165, 1.54) is 4.90 Å². The number of amides is 2. The molecule has 2 atom stereocenters. The third-order valence-corrected chi connectivity index (χ3v) is 3.77. The lowest BCUT2D eigenvalue weighted by atomic mass is 9.80. The van der Waals surface area contributed by atoms with Crippen molar-refractivity contribution in [3.05, 3.63) is 0 Å². The number of carboxylic acids is 1. The summed E-state index contributed by atoms with van der Waals surface area (Å²) in [4.78, 5) is 36.5. The molecule has 1 aliphatic rings. The molecule has 0 aromatic heterocycles. The first-order chi connectivity index (χ1) is 9.49. The maximum Gasteiger partial charge on any atom is 0.306 e. The van der Waals surface area contributed by atoms with Gasteiger partial charge in [-0.2, -0.15) is 0 Å². The van der Waals surface area contributed by atoms with E-state index in [2.05, 4.69) is 5.32 Å². The Morgan fingerprint density at radius 2 is 1.85 bits per heavy atom. The van der Waals surface area contributed by atoms with E-state index in [4.69, 9.17) is 5.11 Å². The molecule has 2 unspecified atom stereocenters. The Labute approximate surface area is 119 Å². The van der Waals surface area contributed by atoms with Gasteiger partial charge in [-0.1, -0.05) is 6.42 Å². The molecule has 0 aliphatic heterocycles.